The van der Waals surface area contributed by atoms with E-state index < -0.39 is 6.09 Å². The molecule has 1 heterocycles. The summed E-state index contributed by atoms with van der Waals surface area (Å²) in [6.07, 6.45) is 0.869. The molecule has 0 bridgehead atoms. The van der Waals surface area contributed by atoms with Crippen LogP contribution in [0.15, 0.2) is 97.1 Å². The minimum Gasteiger partial charge on any atom is -0.465 e. The topological polar surface area (TPSA) is 61.8 Å². The number of piperidine rings is 1. The number of anilines is 1. The molecular formula is C31H32N2O3. The number of benzene rings is 4. The minimum absolute atomic E-state index is 0.108. The van der Waals surface area contributed by atoms with E-state index in [-0.39, 0.29) is 6.10 Å². The fourth-order valence-corrected chi connectivity index (χ4v) is 5.03. The highest BCUT2D eigenvalue weighted by atomic mass is 16.5. The molecule has 2 N–H and O–H groups in total. The van der Waals surface area contributed by atoms with Crippen molar-refractivity contribution in [2.24, 2.45) is 0 Å². The lowest BCUT2D eigenvalue weighted by atomic mass is 9.87. The third-order valence-corrected chi connectivity index (χ3v) is 7.04. The predicted molar refractivity (Wildman–Crippen MR) is 145 cm³/mol. The highest BCUT2D eigenvalue weighted by Crippen LogP contribution is 2.29. The van der Waals surface area contributed by atoms with Gasteiger partial charge in [-0.3, -0.25) is 4.90 Å². The molecule has 0 spiro atoms. The number of fused-ring (bicyclic) bond motifs is 1. The Hall–Kier alpha value is -3.67. The zero-order valence-electron chi connectivity index (χ0n) is 20.3. The van der Waals surface area contributed by atoms with Crippen molar-refractivity contribution in [3.8, 4) is 0 Å². The van der Waals surface area contributed by atoms with E-state index >= 15 is 0 Å². The van der Waals surface area contributed by atoms with Crippen LogP contribution in [0.1, 0.15) is 29.0 Å². The van der Waals surface area contributed by atoms with Crippen LogP contribution in [0, 0.1) is 0 Å². The number of para-hydroxylation sites is 1. The Balaban J connectivity index is 1.22. The van der Waals surface area contributed by atoms with Crippen LogP contribution in [0.3, 0.4) is 0 Å². The van der Waals surface area contributed by atoms with Crippen LogP contribution in [0.5, 0.6) is 0 Å². The molecule has 0 saturated carbocycles. The first-order valence-electron chi connectivity index (χ1n) is 12.6. The summed E-state index contributed by atoms with van der Waals surface area (Å²) < 4.78 is 6.44. The maximum Gasteiger partial charge on any atom is 0.411 e. The Morgan fingerprint density at radius 1 is 0.889 bits per heavy atom. The molecule has 1 aliphatic heterocycles. The first-order valence-corrected chi connectivity index (χ1v) is 12.6. The molecule has 184 valence electrons. The highest BCUT2D eigenvalue weighted by Gasteiger charge is 2.27. The van der Waals surface area contributed by atoms with Gasteiger partial charge in [0.1, 0.15) is 0 Å². The maximum atomic E-state index is 11.8. The number of carboxylic acid groups (broad SMARTS) is 1. The Labute approximate surface area is 212 Å². The number of hydrogen-bond acceptors (Lipinski definition) is 3. The molecular weight excluding hydrogens is 448 g/mol. The van der Waals surface area contributed by atoms with Crippen molar-refractivity contribution in [1.82, 2.24) is 5.32 Å². The number of nitrogens with one attached hydrogen (secondary N) is 1. The molecule has 4 aromatic rings. The van der Waals surface area contributed by atoms with Crippen molar-refractivity contribution in [2.45, 2.75) is 31.5 Å². The summed E-state index contributed by atoms with van der Waals surface area (Å²) >= 11 is 0. The van der Waals surface area contributed by atoms with Crippen LogP contribution < -0.4 is 10.2 Å². The summed E-state index contributed by atoms with van der Waals surface area (Å²) in [6, 6.07) is 32.8. The second kappa shape index (κ2) is 11.4. The van der Waals surface area contributed by atoms with Crippen LogP contribution in [-0.2, 0) is 17.8 Å². The molecule has 5 nitrogen and oxygen atoms in total. The monoisotopic (exact) mass is 480 g/mol. The van der Waals surface area contributed by atoms with Gasteiger partial charge in [-0.05, 0) is 65.0 Å². The predicted octanol–water partition coefficient (Wildman–Crippen LogP) is 6.23. The van der Waals surface area contributed by atoms with Crippen molar-refractivity contribution in [3.05, 3.63) is 114 Å². The van der Waals surface area contributed by atoms with Crippen LogP contribution in [-0.4, -0.2) is 36.9 Å². The molecule has 36 heavy (non-hydrogen) atoms. The Kier molecular flexibility index (Phi) is 7.60. The summed E-state index contributed by atoms with van der Waals surface area (Å²) in [7, 11) is 0. The normalized spacial score (nSPS) is 17.7. The Morgan fingerprint density at radius 2 is 1.61 bits per heavy atom. The van der Waals surface area contributed by atoms with E-state index in [9.17, 15) is 9.90 Å². The molecule has 5 heteroatoms. The third kappa shape index (κ3) is 5.76. The summed E-state index contributed by atoms with van der Waals surface area (Å²) in [5.74, 6) is 0.334. The molecule has 1 amide bonds. The van der Waals surface area contributed by atoms with Crippen molar-refractivity contribution in [2.75, 3.05) is 24.5 Å². The van der Waals surface area contributed by atoms with Crippen LogP contribution in [0.4, 0.5) is 10.5 Å². The summed E-state index contributed by atoms with van der Waals surface area (Å²) in [4.78, 5) is 13.2. The quantitative estimate of drug-likeness (QED) is 0.314. The molecule has 5 rings (SSSR count). The van der Waals surface area contributed by atoms with E-state index in [4.69, 9.17) is 4.74 Å². The largest absolute Gasteiger partial charge is 0.465 e. The van der Waals surface area contributed by atoms with E-state index in [2.05, 4.69) is 72.0 Å². The third-order valence-electron chi connectivity index (χ3n) is 7.04. The van der Waals surface area contributed by atoms with Gasteiger partial charge in [0.2, 0.25) is 0 Å². The minimum atomic E-state index is -0.932. The van der Waals surface area contributed by atoms with E-state index in [1.165, 1.54) is 26.8 Å². The molecule has 0 radical (unpaired) electrons. The van der Waals surface area contributed by atoms with E-state index in [1.54, 1.807) is 0 Å². The maximum absolute atomic E-state index is 11.8. The SMILES string of the molecule is O=C(O)N(CCc1ccc(C2CCNCC2OCc2ccc3ccccc3c2)cc1)c1ccccc1. The average Bonchev–Trinajstić information content (AvgIpc) is 2.93. The van der Waals surface area contributed by atoms with Gasteiger partial charge in [-0.25, -0.2) is 4.79 Å². The number of ether oxygens (including phenoxy) is 1. The Bertz CT molecular complexity index is 1290. The van der Waals surface area contributed by atoms with Gasteiger partial charge in [-0.15, -0.1) is 0 Å². The lowest BCUT2D eigenvalue weighted by Gasteiger charge is -2.32. The summed E-state index contributed by atoms with van der Waals surface area (Å²) in [6.45, 7) is 2.83. The van der Waals surface area contributed by atoms with E-state index in [0.717, 1.165) is 25.1 Å². The van der Waals surface area contributed by atoms with Gasteiger partial charge in [0, 0.05) is 24.7 Å². The number of hydrogen-bond donors (Lipinski definition) is 2. The van der Waals surface area contributed by atoms with Crippen LogP contribution in [0.2, 0.25) is 0 Å². The van der Waals surface area contributed by atoms with Crippen molar-refractivity contribution >= 4 is 22.6 Å². The smallest absolute Gasteiger partial charge is 0.411 e. The second-order valence-electron chi connectivity index (χ2n) is 9.39. The zero-order chi connectivity index (χ0) is 24.7. The molecule has 1 fully saturated rings. The van der Waals surface area contributed by atoms with Gasteiger partial charge in [0.15, 0.2) is 0 Å². The number of rotatable bonds is 8. The van der Waals surface area contributed by atoms with Gasteiger partial charge in [0.25, 0.3) is 0 Å². The molecule has 2 atom stereocenters. The van der Waals surface area contributed by atoms with Gasteiger partial charge in [0.05, 0.1) is 12.7 Å². The molecule has 1 aliphatic rings. The summed E-state index contributed by atoms with van der Waals surface area (Å²) in [5, 5.41) is 15.6. The van der Waals surface area contributed by atoms with Crippen LogP contribution in [0.25, 0.3) is 10.8 Å². The fourth-order valence-electron chi connectivity index (χ4n) is 5.03. The van der Waals surface area contributed by atoms with Crippen LogP contribution >= 0.6 is 0 Å². The van der Waals surface area contributed by atoms with Gasteiger partial charge < -0.3 is 15.2 Å². The summed E-state index contributed by atoms with van der Waals surface area (Å²) in [5.41, 5.74) is 4.29. The lowest BCUT2D eigenvalue weighted by molar-refractivity contribution is 0.0106. The highest BCUT2D eigenvalue weighted by molar-refractivity contribution is 5.86. The molecule has 2 unspecified atom stereocenters. The average molecular weight is 481 g/mol. The van der Waals surface area contributed by atoms with Crippen molar-refractivity contribution in [3.63, 3.8) is 0 Å². The van der Waals surface area contributed by atoms with Gasteiger partial charge in [-0.1, -0.05) is 78.9 Å². The van der Waals surface area contributed by atoms with Crippen molar-refractivity contribution in [1.29, 1.82) is 0 Å². The molecule has 0 aliphatic carbocycles. The van der Waals surface area contributed by atoms with Gasteiger partial charge >= 0.3 is 6.09 Å². The fraction of sp³-hybridized carbons (Fsp3) is 0.258. The number of amides is 1. The van der Waals surface area contributed by atoms with E-state index in [1.807, 2.05) is 30.3 Å². The first kappa shape index (κ1) is 24.0. The second-order valence-corrected chi connectivity index (χ2v) is 9.39. The standard InChI is InChI=1S/C31H32N2O3/c34-31(35)33(28-8-2-1-3-9-28)19-17-23-10-14-26(15-11-23)29-16-18-32-21-30(29)36-22-24-12-13-25-6-4-5-7-27(25)20-24/h1-15,20,29-30,32H,16-19,21-22H2,(H,34,35). The molecule has 4 aromatic carbocycles. The first-order chi connectivity index (χ1) is 17.7. The number of nitrogens with zero attached hydrogens (tertiary/aromatic N) is 1. The van der Waals surface area contributed by atoms with Gasteiger partial charge in [-0.2, -0.15) is 0 Å². The zero-order valence-corrected chi connectivity index (χ0v) is 20.3. The lowest BCUT2D eigenvalue weighted by Crippen LogP contribution is -2.41. The van der Waals surface area contributed by atoms with Crippen molar-refractivity contribution < 1.29 is 14.6 Å². The molecule has 0 aromatic heterocycles. The Morgan fingerprint density at radius 3 is 2.39 bits per heavy atom. The number of carbonyl (C=O) groups is 1. The molecule has 1 saturated heterocycles. The van der Waals surface area contributed by atoms with E-state index in [0.29, 0.717) is 31.2 Å².